The van der Waals surface area contributed by atoms with Crippen molar-refractivity contribution in [3.8, 4) is 0 Å². The van der Waals surface area contributed by atoms with E-state index in [4.69, 9.17) is 11.6 Å². The first-order chi connectivity index (χ1) is 8.78. The van der Waals surface area contributed by atoms with Crippen LogP contribution in [0.25, 0.3) is 0 Å². The lowest BCUT2D eigenvalue weighted by atomic mass is 9.82. The summed E-state index contributed by atoms with van der Waals surface area (Å²) in [6.07, 6.45) is 1.03. The zero-order valence-electron chi connectivity index (χ0n) is 14.1. The normalized spacial score (nSPS) is 13.4. The molecule has 0 unspecified atom stereocenters. The molecular weight excluding hydrogens is 270 g/mol. The van der Waals surface area contributed by atoms with Crippen molar-refractivity contribution >= 4 is 17.4 Å². The predicted octanol–water partition coefficient (Wildman–Crippen LogP) is 5.05. The molecule has 0 amide bonds. The van der Waals surface area contributed by atoms with Crippen molar-refractivity contribution in [1.29, 1.82) is 0 Å². The molecule has 0 aliphatic rings. The number of nitrogens with zero attached hydrogens (tertiary/aromatic N) is 2. The summed E-state index contributed by atoms with van der Waals surface area (Å²) in [7, 11) is 0. The van der Waals surface area contributed by atoms with Gasteiger partial charge in [0, 0.05) is 17.0 Å². The topological polar surface area (TPSA) is 37.8 Å². The van der Waals surface area contributed by atoms with E-state index in [1.54, 1.807) is 6.07 Å². The monoisotopic (exact) mass is 297 g/mol. The van der Waals surface area contributed by atoms with E-state index in [1.165, 1.54) is 0 Å². The van der Waals surface area contributed by atoms with E-state index in [-0.39, 0.29) is 16.4 Å². The fourth-order valence-electron chi connectivity index (χ4n) is 2.53. The minimum absolute atomic E-state index is 0.0505. The lowest BCUT2D eigenvalue weighted by molar-refractivity contribution is 0.302. The SMILES string of the molecule is CC(C)(C)CC(C)(C)Nc1cc(Cl)nc(C(C)(C)C)n1. The molecule has 0 aliphatic carbocycles. The van der Waals surface area contributed by atoms with Gasteiger partial charge in [0.15, 0.2) is 0 Å². The predicted molar refractivity (Wildman–Crippen MR) is 87.5 cm³/mol. The minimum atomic E-state index is -0.116. The number of hydrogen-bond donors (Lipinski definition) is 1. The first-order valence-electron chi connectivity index (χ1n) is 7.12. The molecule has 4 heteroatoms. The number of rotatable bonds is 3. The zero-order chi connectivity index (χ0) is 15.8. The van der Waals surface area contributed by atoms with Crippen molar-refractivity contribution in [3.05, 3.63) is 17.0 Å². The van der Waals surface area contributed by atoms with Crippen LogP contribution < -0.4 is 5.32 Å². The van der Waals surface area contributed by atoms with E-state index in [2.05, 4.69) is 70.7 Å². The van der Waals surface area contributed by atoms with Crippen LogP contribution >= 0.6 is 11.6 Å². The van der Waals surface area contributed by atoms with Crippen LogP contribution in [0.4, 0.5) is 5.82 Å². The third-order valence-corrected chi connectivity index (χ3v) is 3.00. The highest BCUT2D eigenvalue weighted by Crippen LogP contribution is 2.30. The van der Waals surface area contributed by atoms with Crippen LogP contribution in [-0.4, -0.2) is 15.5 Å². The molecule has 1 N–H and O–H groups in total. The van der Waals surface area contributed by atoms with Crippen LogP contribution in [0.1, 0.15) is 67.6 Å². The van der Waals surface area contributed by atoms with Crippen LogP contribution in [0.2, 0.25) is 5.15 Å². The molecule has 0 aromatic carbocycles. The molecule has 0 saturated heterocycles. The maximum atomic E-state index is 6.13. The highest BCUT2D eigenvalue weighted by atomic mass is 35.5. The van der Waals surface area contributed by atoms with Gasteiger partial charge in [0.05, 0.1) is 0 Å². The number of anilines is 1. The Kier molecular flexibility index (Phi) is 4.75. The number of halogens is 1. The summed E-state index contributed by atoms with van der Waals surface area (Å²) < 4.78 is 0. The molecule has 1 heterocycles. The summed E-state index contributed by atoms with van der Waals surface area (Å²) in [6, 6.07) is 1.79. The second-order valence-corrected chi connectivity index (χ2v) is 8.78. The summed E-state index contributed by atoms with van der Waals surface area (Å²) in [5, 5.41) is 3.98. The van der Waals surface area contributed by atoms with Gasteiger partial charge in [-0.2, -0.15) is 0 Å². The lowest BCUT2D eigenvalue weighted by Gasteiger charge is -2.34. The quantitative estimate of drug-likeness (QED) is 0.793. The van der Waals surface area contributed by atoms with Gasteiger partial charge in [-0.15, -0.1) is 0 Å². The molecule has 0 spiro atoms. The van der Waals surface area contributed by atoms with E-state index in [9.17, 15) is 0 Å². The molecule has 0 saturated carbocycles. The van der Waals surface area contributed by atoms with Crippen LogP contribution in [0.3, 0.4) is 0 Å². The average molecular weight is 298 g/mol. The first kappa shape index (κ1) is 17.2. The molecule has 1 aromatic rings. The van der Waals surface area contributed by atoms with Crippen molar-refractivity contribution in [2.45, 2.75) is 72.8 Å². The Morgan fingerprint density at radius 2 is 1.55 bits per heavy atom. The number of aromatic nitrogens is 2. The molecule has 0 aliphatic heterocycles. The molecule has 1 aromatic heterocycles. The van der Waals surface area contributed by atoms with Gasteiger partial charge in [0.2, 0.25) is 0 Å². The first-order valence-corrected chi connectivity index (χ1v) is 7.50. The Labute approximate surface area is 128 Å². The molecule has 0 bridgehead atoms. The third kappa shape index (κ3) is 5.66. The van der Waals surface area contributed by atoms with Gasteiger partial charge in [0.25, 0.3) is 0 Å². The van der Waals surface area contributed by atoms with Gasteiger partial charge >= 0.3 is 0 Å². The summed E-state index contributed by atoms with van der Waals surface area (Å²) in [4.78, 5) is 8.94. The molecular formula is C16H28ClN3. The molecule has 3 nitrogen and oxygen atoms in total. The average Bonchev–Trinajstić information content (AvgIpc) is 2.09. The van der Waals surface area contributed by atoms with E-state index >= 15 is 0 Å². The second-order valence-electron chi connectivity index (χ2n) is 8.40. The fourth-order valence-corrected chi connectivity index (χ4v) is 2.72. The highest BCUT2D eigenvalue weighted by Gasteiger charge is 2.26. The fraction of sp³-hybridized carbons (Fsp3) is 0.750. The van der Waals surface area contributed by atoms with Gasteiger partial charge in [-0.25, -0.2) is 9.97 Å². The van der Waals surface area contributed by atoms with Crippen molar-refractivity contribution in [1.82, 2.24) is 9.97 Å². The Balaban J connectivity index is 3.01. The smallest absolute Gasteiger partial charge is 0.137 e. The minimum Gasteiger partial charge on any atom is -0.365 e. The van der Waals surface area contributed by atoms with Crippen molar-refractivity contribution in [3.63, 3.8) is 0 Å². The van der Waals surface area contributed by atoms with Crippen LogP contribution in [-0.2, 0) is 5.41 Å². The van der Waals surface area contributed by atoms with Crippen LogP contribution in [0, 0.1) is 5.41 Å². The maximum Gasteiger partial charge on any atom is 0.137 e. The van der Waals surface area contributed by atoms with E-state index in [0.717, 1.165) is 18.1 Å². The summed E-state index contributed by atoms with van der Waals surface area (Å²) >= 11 is 6.13. The van der Waals surface area contributed by atoms with Gasteiger partial charge in [-0.1, -0.05) is 53.1 Å². The Morgan fingerprint density at radius 3 is 2.00 bits per heavy atom. The molecule has 0 atom stereocenters. The zero-order valence-corrected chi connectivity index (χ0v) is 14.8. The van der Waals surface area contributed by atoms with Gasteiger partial charge < -0.3 is 5.32 Å². The summed E-state index contributed by atoms with van der Waals surface area (Å²) in [5.41, 5.74) is 0.0841. The molecule has 0 radical (unpaired) electrons. The molecule has 1 rings (SSSR count). The summed E-state index contributed by atoms with van der Waals surface area (Å²) in [5.74, 6) is 1.56. The van der Waals surface area contributed by atoms with Crippen molar-refractivity contribution in [2.24, 2.45) is 5.41 Å². The highest BCUT2D eigenvalue weighted by molar-refractivity contribution is 6.29. The standard InChI is InChI=1S/C16H28ClN3/c1-14(2,3)10-16(7,8)20-12-9-11(17)18-13(19-12)15(4,5)6/h9H,10H2,1-8H3,(H,18,19,20). The van der Waals surface area contributed by atoms with Gasteiger partial charge in [0.1, 0.15) is 16.8 Å². The van der Waals surface area contributed by atoms with Crippen LogP contribution in [0.5, 0.6) is 0 Å². The Morgan fingerprint density at radius 1 is 1.00 bits per heavy atom. The third-order valence-electron chi connectivity index (χ3n) is 2.80. The number of nitrogens with one attached hydrogen (secondary N) is 1. The molecule has 20 heavy (non-hydrogen) atoms. The molecule has 0 fully saturated rings. The molecule has 114 valence electrons. The number of hydrogen-bond acceptors (Lipinski definition) is 3. The van der Waals surface area contributed by atoms with Crippen LogP contribution in [0.15, 0.2) is 6.07 Å². The Bertz CT molecular complexity index is 468. The van der Waals surface area contributed by atoms with E-state index < -0.39 is 0 Å². The second kappa shape index (κ2) is 5.51. The van der Waals surface area contributed by atoms with E-state index in [1.807, 2.05) is 0 Å². The van der Waals surface area contributed by atoms with Gasteiger partial charge in [-0.05, 0) is 25.7 Å². The summed E-state index contributed by atoms with van der Waals surface area (Å²) in [6.45, 7) is 17.3. The van der Waals surface area contributed by atoms with Gasteiger partial charge in [-0.3, -0.25) is 0 Å². The maximum absolute atomic E-state index is 6.13. The lowest BCUT2D eigenvalue weighted by Crippen LogP contribution is -2.36. The largest absolute Gasteiger partial charge is 0.365 e. The van der Waals surface area contributed by atoms with Crippen molar-refractivity contribution in [2.75, 3.05) is 5.32 Å². The van der Waals surface area contributed by atoms with Crippen molar-refractivity contribution < 1.29 is 0 Å². The Hall–Kier alpha value is -0.830. The van der Waals surface area contributed by atoms with E-state index in [0.29, 0.717) is 5.15 Å².